The van der Waals surface area contributed by atoms with E-state index in [1.165, 1.54) is 0 Å². The van der Waals surface area contributed by atoms with Gasteiger partial charge in [0.2, 0.25) is 11.6 Å². The lowest BCUT2D eigenvalue weighted by Gasteiger charge is -2.09. The zero-order valence-electron chi connectivity index (χ0n) is 9.68. The molecule has 1 fully saturated rings. The largest absolute Gasteiger partial charge is 0.504 e. The Balaban J connectivity index is 2.20. The number of hydrogen-bond donors (Lipinski definition) is 1. The van der Waals surface area contributed by atoms with E-state index < -0.39 is 40.6 Å². The summed E-state index contributed by atoms with van der Waals surface area (Å²) in [5.74, 6) is -10.9. The fraction of sp³-hybridized carbons (Fsp3) is 0.417. The molecule has 1 aliphatic rings. The van der Waals surface area contributed by atoms with Crippen molar-refractivity contribution in [3.05, 3.63) is 28.8 Å². The van der Waals surface area contributed by atoms with E-state index in [0.29, 0.717) is 12.3 Å². The van der Waals surface area contributed by atoms with Gasteiger partial charge in [0.1, 0.15) is 5.56 Å². The lowest BCUT2D eigenvalue weighted by molar-refractivity contribution is 0.0483. The Labute approximate surface area is 105 Å². The number of ether oxygens (including phenoxy) is 1. The smallest absolute Gasteiger partial charge is 0.345 e. The van der Waals surface area contributed by atoms with Crippen molar-refractivity contribution in [3.63, 3.8) is 0 Å². The third kappa shape index (κ3) is 2.64. The number of carbonyl (C=O) groups excluding carboxylic acids is 1. The van der Waals surface area contributed by atoms with Crippen LogP contribution in [0.3, 0.4) is 0 Å². The summed E-state index contributed by atoms with van der Waals surface area (Å²) in [6.45, 7) is -0.0526. The van der Waals surface area contributed by atoms with Crippen LogP contribution in [0.4, 0.5) is 17.6 Å². The molecule has 0 aliphatic heterocycles. The van der Waals surface area contributed by atoms with Crippen molar-refractivity contribution in [1.82, 2.24) is 0 Å². The first-order chi connectivity index (χ1) is 8.93. The highest BCUT2D eigenvalue weighted by molar-refractivity contribution is 5.92. The highest BCUT2D eigenvalue weighted by Gasteiger charge is 2.30. The second kappa shape index (κ2) is 5.07. The summed E-state index contributed by atoms with van der Waals surface area (Å²) in [6.07, 6.45) is 2.58. The molecule has 1 aromatic rings. The highest BCUT2D eigenvalue weighted by Crippen LogP contribution is 2.33. The molecule has 0 unspecified atom stereocenters. The number of phenolic OH excluding ortho intramolecular Hbond substituents is 1. The molecule has 0 aromatic heterocycles. The molecule has 7 heteroatoms. The third-order valence-corrected chi connectivity index (χ3v) is 2.90. The molecule has 0 saturated heterocycles. The molecule has 0 heterocycles. The van der Waals surface area contributed by atoms with Gasteiger partial charge in [0, 0.05) is 0 Å². The van der Waals surface area contributed by atoms with Crippen molar-refractivity contribution in [3.8, 4) is 5.75 Å². The average molecular weight is 278 g/mol. The quantitative estimate of drug-likeness (QED) is 0.398. The van der Waals surface area contributed by atoms with Crippen molar-refractivity contribution >= 4 is 5.97 Å². The maximum Gasteiger partial charge on any atom is 0.345 e. The van der Waals surface area contributed by atoms with Gasteiger partial charge in [-0.15, -0.1) is 0 Å². The Kier molecular flexibility index (Phi) is 3.64. The topological polar surface area (TPSA) is 46.5 Å². The van der Waals surface area contributed by atoms with Crippen LogP contribution in [0.2, 0.25) is 0 Å². The summed E-state index contributed by atoms with van der Waals surface area (Å²) in [5, 5.41) is 9.15. The molecule has 0 atom stereocenters. The van der Waals surface area contributed by atoms with Gasteiger partial charge in [-0.3, -0.25) is 0 Å². The van der Waals surface area contributed by atoms with E-state index in [-0.39, 0.29) is 6.61 Å². The molecule has 1 aromatic carbocycles. The van der Waals surface area contributed by atoms with Crippen molar-refractivity contribution < 1.29 is 32.2 Å². The average Bonchev–Trinajstić information content (AvgIpc) is 3.18. The number of phenols is 1. The Morgan fingerprint density at radius 2 is 1.68 bits per heavy atom. The van der Waals surface area contributed by atoms with Crippen LogP contribution in [0.5, 0.6) is 5.75 Å². The molecule has 1 N–H and O–H groups in total. The molecule has 0 spiro atoms. The van der Waals surface area contributed by atoms with Crippen LogP contribution in [-0.2, 0) is 4.74 Å². The van der Waals surface area contributed by atoms with Gasteiger partial charge < -0.3 is 9.84 Å². The van der Waals surface area contributed by atoms with Gasteiger partial charge in [0.15, 0.2) is 17.4 Å². The zero-order chi connectivity index (χ0) is 14.2. The molecular weight excluding hydrogens is 268 g/mol. The minimum Gasteiger partial charge on any atom is -0.504 e. The van der Waals surface area contributed by atoms with Gasteiger partial charge >= 0.3 is 5.97 Å². The number of carbonyl (C=O) groups is 1. The fourth-order valence-electron chi connectivity index (χ4n) is 1.60. The molecule has 3 nitrogen and oxygen atoms in total. The lowest BCUT2D eigenvalue weighted by Crippen LogP contribution is -2.13. The maximum absolute atomic E-state index is 13.3. The zero-order valence-corrected chi connectivity index (χ0v) is 9.68. The minimum absolute atomic E-state index is 0.0526. The summed E-state index contributed by atoms with van der Waals surface area (Å²) in [5.41, 5.74) is -1.33. The van der Waals surface area contributed by atoms with Crippen molar-refractivity contribution in [1.29, 1.82) is 0 Å². The van der Waals surface area contributed by atoms with E-state index in [2.05, 4.69) is 4.74 Å². The monoisotopic (exact) mass is 278 g/mol. The molecule has 2 rings (SSSR count). The van der Waals surface area contributed by atoms with Crippen LogP contribution < -0.4 is 0 Å². The summed E-state index contributed by atoms with van der Waals surface area (Å²) < 4.78 is 56.6. The van der Waals surface area contributed by atoms with Crippen molar-refractivity contribution in [2.24, 2.45) is 5.92 Å². The highest BCUT2D eigenvalue weighted by atomic mass is 19.2. The molecule has 0 radical (unpaired) electrons. The predicted molar refractivity (Wildman–Crippen MR) is 55.6 cm³/mol. The molecule has 0 amide bonds. The van der Waals surface area contributed by atoms with Crippen LogP contribution in [0.1, 0.15) is 29.6 Å². The van der Waals surface area contributed by atoms with Gasteiger partial charge in [0.05, 0.1) is 6.61 Å². The number of rotatable bonds is 4. The SMILES string of the molecule is O=C(OCCC1CC1)c1c(O)c(F)c(F)c(F)c1F. The number of halogens is 4. The van der Waals surface area contributed by atoms with E-state index >= 15 is 0 Å². The summed E-state index contributed by atoms with van der Waals surface area (Å²) >= 11 is 0. The predicted octanol–water partition coefficient (Wildman–Crippen LogP) is 2.91. The Morgan fingerprint density at radius 3 is 2.26 bits per heavy atom. The number of hydrogen-bond acceptors (Lipinski definition) is 3. The first kappa shape index (κ1) is 13.6. The van der Waals surface area contributed by atoms with E-state index in [0.717, 1.165) is 12.8 Å². The van der Waals surface area contributed by atoms with Gasteiger partial charge in [0.25, 0.3) is 0 Å². The molecule has 1 aliphatic carbocycles. The summed E-state index contributed by atoms with van der Waals surface area (Å²) in [6, 6.07) is 0. The maximum atomic E-state index is 13.3. The summed E-state index contributed by atoms with van der Waals surface area (Å²) in [7, 11) is 0. The normalized spacial score (nSPS) is 14.5. The first-order valence-electron chi connectivity index (χ1n) is 5.65. The van der Waals surface area contributed by atoms with Crippen LogP contribution in [0.15, 0.2) is 0 Å². The van der Waals surface area contributed by atoms with Crippen LogP contribution in [-0.4, -0.2) is 17.7 Å². The minimum atomic E-state index is -2.18. The second-order valence-corrected chi connectivity index (χ2v) is 4.35. The standard InChI is InChI=1S/C12H10F4O3/c13-7-6(11(17)10(16)9(15)8(7)14)12(18)19-4-3-5-1-2-5/h5,17H,1-4H2. The van der Waals surface area contributed by atoms with Gasteiger partial charge in [-0.25, -0.2) is 18.0 Å². The lowest BCUT2D eigenvalue weighted by atomic mass is 10.1. The van der Waals surface area contributed by atoms with E-state index in [9.17, 15) is 22.4 Å². The number of aromatic hydroxyl groups is 1. The fourth-order valence-corrected chi connectivity index (χ4v) is 1.60. The Hall–Kier alpha value is -1.79. The molecule has 1 saturated carbocycles. The van der Waals surface area contributed by atoms with Crippen molar-refractivity contribution in [2.75, 3.05) is 6.61 Å². The number of esters is 1. The van der Waals surface area contributed by atoms with Gasteiger partial charge in [-0.05, 0) is 12.3 Å². The molecular formula is C12H10F4O3. The second-order valence-electron chi connectivity index (χ2n) is 4.35. The summed E-state index contributed by atoms with van der Waals surface area (Å²) in [4.78, 5) is 11.4. The number of benzene rings is 1. The molecule has 19 heavy (non-hydrogen) atoms. The van der Waals surface area contributed by atoms with Crippen LogP contribution in [0, 0.1) is 29.2 Å². The van der Waals surface area contributed by atoms with Crippen LogP contribution >= 0.6 is 0 Å². The van der Waals surface area contributed by atoms with E-state index in [1.54, 1.807) is 0 Å². The van der Waals surface area contributed by atoms with Gasteiger partial charge in [-0.1, -0.05) is 12.8 Å². The van der Waals surface area contributed by atoms with E-state index in [1.807, 2.05) is 0 Å². The van der Waals surface area contributed by atoms with Crippen molar-refractivity contribution in [2.45, 2.75) is 19.3 Å². The van der Waals surface area contributed by atoms with Crippen LogP contribution in [0.25, 0.3) is 0 Å². The molecule has 104 valence electrons. The Morgan fingerprint density at radius 1 is 1.11 bits per heavy atom. The van der Waals surface area contributed by atoms with Gasteiger partial charge in [-0.2, -0.15) is 4.39 Å². The van der Waals surface area contributed by atoms with E-state index in [4.69, 9.17) is 5.11 Å². The molecule has 0 bridgehead atoms. The first-order valence-corrected chi connectivity index (χ1v) is 5.65. The third-order valence-electron chi connectivity index (χ3n) is 2.90. The Bertz CT molecular complexity index is 497.